The van der Waals surface area contributed by atoms with Gasteiger partial charge in [-0.2, -0.15) is 9.57 Å². The number of allylic oxidation sites excluding steroid dienone is 1. The number of sulfonamides is 1. The van der Waals surface area contributed by atoms with E-state index in [-0.39, 0.29) is 17.4 Å². The zero-order valence-corrected chi connectivity index (χ0v) is 12.8. The van der Waals surface area contributed by atoms with Crippen molar-refractivity contribution in [1.82, 2.24) is 4.31 Å². The molecule has 0 unspecified atom stereocenters. The van der Waals surface area contributed by atoms with Crippen LogP contribution in [0.2, 0.25) is 0 Å². The molecule has 1 aliphatic carbocycles. The average Bonchev–Trinajstić information content (AvgIpc) is 2.80. The predicted molar refractivity (Wildman–Crippen MR) is 76.9 cm³/mol. The molecular formula is C15H14N2O4S. The molecule has 0 spiro atoms. The number of carbonyl (C=O) groups is 1. The summed E-state index contributed by atoms with van der Waals surface area (Å²) in [6.07, 6.45) is 0.0913. The summed E-state index contributed by atoms with van der Waals surface area (Å²) in [6.45, 7) is 1.79. The molecule has 6 nitrogen and oxygen atoms in total. The fourth-order valence-corrected chi connectivity index (χ4v) is 3.94. The number of rotatable bonds is 2. The van der Waals surface area contributed by atoms with E-state index in [0.717, 1.165) is 15.4 Å². The Morgan fingerprint density at radius 1 is 1.27 bits per heavy atom. The molecule has 1 aromatic carbocycles. The number of aryl methyl sites for hydroxylation is 1. The zero-order chi connectivity index (χ0) is 15.9. The van der Waals surface area contributed by atoms with Gasteiger partial charge in [-0.3, -0.25) is 0 Å². The van der Waals surface area contributed by atoms with E-state index in [2.05, 4.69) is 6.07 Å². The van der Waals surface area contributed by atoms with Gasteiger partial charge in [-0.25, -0.2) is 13.2 Å². The summed E-state index contributed by atoms with van der Waals surface area (Å²) in [4.78, 5) is 11.9. The fraction of sp³-hybridized carbons (Fsp3) is 0.333. The number of hydrogen-bond acceptors (Lipinski definition) is 5. The molecule has 1 saturated carbocycles. The highest BCUT2D eigenvalue weighted by molar-refractivity contribution is 7.89. The number of carbonyl (C=O) groups excluding carboxylic acids is 1. The van der Waals surface area contributed by atoms with Crippen LogP contribution in [0.1, 0.15) is 18.4 Å². The highest BCUT2D eigenvalue weighted by atomic mass is 32.2. The summed E-state index contributed by atoms with van der Waals surface area (Å²) < 4.78 is 31.0. The summed E-state index contributed by atoms with van der Waals surface area (Å²) in [5, 5.41) is 8.83. The fourth-order valence-electron chi connectivity index (χ4n) is 2.52. The lowest BCUT2D eigenvalue weighted by atomic mass is 9.80. The van der Waals surface area contributed by atoms with Gasteiger partial charge >= 0.3 is 6.09 Å². The Bertz CT molecular complexity index is 795. The molecule has 1 saturated heterocycles. The summed E-state index contributed by atoms with van der Waals surface area (Å²) in [5.74, 6) is -0.109. The van der Waals surface area contributed by atoms with Gasteiger partial charge in [0.1, 0.15) is 6.61 Å². The molecule has 0 N–H and O–H groups in total. The second-order valence-electron chi connectivity index (χ2n) is 5.42. The monoisotopic (exact) mass is 318 g/mol. The van der Waals surface area contributed by atoms with Crippen LogP contribution in [0.4, 0.5) is 4.79 Å². The summed E-state index contributed by atoms with van der Waals surface area (Å²) in [6, 6.07) is 8.42. The van der Waals surface area contributed by atoms with Crippen LogP contribution in [0.15, 0.2) is 40.4 Å². The first-order chi connectivity index (χ1) is 10.4. The molecular weight excluding hydrogens is 304 g/mol. The van der Waals surface area contributed by atoms with Crippen LogP contribution in [-0.2, 0) is 14.8 Å². The van der Waals surface area contributed by atoms with Crippen molar-refractivity contribution < 1.29 is 17.9 Å². The second-order valence-corrected chi connectivity index (χ2v) is 7.21. The largest absolute Gasteiger partial charge is 0.442 e. The Labute approximate surface area is 128 Å². The van der Waals surface area contributed by atoms with Crippen molar-refractivity contribution in [3.63, 3.8) is 0 Å². The van der Waals surface area contributed by atoms with Crippen LogP contribution in [-0.4, -0.2) is 25.4 Å². The van der Waals surface area contributed by atoms with Crippen molar-refractivity contribution in [3.8, 4) is 6.07 Å². The van der Waals surface area contributed by atoms with Crippen LogP contribution in [0.25, 0.3) is 0 Å². The summed E-state index contributed by atoms with van der Waals surface area (Å²) in [7, 11) is -3.98. The lowest BCUT2D eigenvalue weighted by molar-refractivity contribution is 0.170. The van der Waals surface area contributed by atoms with Gasteiger partial charge in [0.15, 0.2) is 0 Å². The van der Waals surface area contributed by atoms with E-state index in [0.29, 0.717) is 18.5 Å². The highest BCUT2D eigenvalue weighted by Crippen LogP contribution is 2.39. The Hall–Kier alpha value is -2.33. The molecule has 1 aliphatic heterocycles. The maximum absolute atomic E-state index is 12.7. The van der Waals surface area contributed by atoms with E-state index in [4.69, 9.17) is 10.00 Å². The average molecular weight is 318 g/mol. The Kier molecular flexibility index (Phi) is 3.41. The van der Waals surface area contributed by atoms with Crippen LogP contribution in [0, 0.1) is 24.2 Å². The van der Waals surface area contributed by atoms with Crippen molar-refractivity contribution in [2.45, 2.75) is 24.7 Å². The maximum Gasteiger partial charge on any atom is 0.428 e. The minimum absolute atomic E-state index is 0.0474. The Balaban J connectivity index is 1.99. The second kappa shape index (κ2) is 5.14. The van der Waals surface area contributed by atoms with Crippen molar-refractivity contribution >= 4 is 16.1 Å². The van der Waals surface area contributed by atoms with Gasteiger partial charge in [0.25, 0.3) is 10.0 Å². The van der Waals surface area contributed by atoms with E-state index < -0.39 is 16.1 Å². The number of benzene rings is 1. The van der Waals surface area contributed by atoms with E-state index in [1.54, 1.807) is 12.1 Å². The highest BCUT2D eigenvalue weighted by Gasteiger charge is 2.42. The molecule has 0 bridgehead atoms. The molecule has 1 amide bonds. The molecule has 0 atom stereocenters. The molecule has 22 heavy (non-hydrogen) atoms. The summed E-state index contributed by atoms with van der Waals surface area (Å²) in [5.41, 5.74) is 2.09. The quantitative estimate of drug-likeness (QED) is 0.835. The molecule has 114 valence electrons. The standard InChI is InChI=1S/C15H14N2O4S/c1-10-2-4-13(5-3-10)22(19,20)17-14(9-21-15(17)18)12-6-11(7-12)8-16/h2-5,11H,6-7,9H2,1H3. The first-order valence-electron chi connectivity index (χ1n) is 6.82. The molecule has 2 fully saturated rings. The number of amides is 1. The van der Waals surface area contributed by atoms with Gasteiger partial charge in [-0.1, -0.05) is 17.7 Å². The van der Waals surface area contributed by atoms with Crippen LogP contribution in [0.3, 0.4) is 0 Å². The third-order valence-corrected chi connectivity index (χ3v) is 5.60. The minimum Gasteiger partial charge on any atom is -0.442 e. The Morgan fingerprint density at radius 2 is 1.91 bits per heavy atom. The van der Waals surface area contributed by atoms with E-state index in [1.807, 2.05) is 6.92 Å². The lowest BCUT2D eigenvalue weighted by Gasteiger charge is -2.27. The number of nitriles is 1. The molecule has 7 heteroatoms. The number of hydrogen-bond donors (Lipinski definition) is 0. The van der Waals surface area contributed by atoms with Gasteiger partial charge in [0, 0.05) is 0 Å². The number of ether oxygens (including phenoxy) is 1. The zero-order valence-electron chi connectivity index (χ0n) is 11.9. The van der Waals surface area contributed by atoms with Gasteiger partial charge in [-0.05, 0) is 37.5 Å². The molecule has 1 aromatic rings. The van der Waals surface area contributed by atoms with E-state index in [9.17, 15) is 13.2 Å². The van der Waals surface area contributed by atoms with Crippen molar-refractivity contribution in [2.24, 2.45) is 5.92 Å². The topological polar surface area (TPSA) is 87.5 Å². The lowest BCUT2D eigenvalue weighted by Crippen LogP contribution is -2.32. The van der Waals surface area contributed by atoms with Crippen LogP contribution >= 0.6 is 0 Å². The molecule has 3 rings (SSSR count). The third-order valence-electron chi connectivity index (χ3n) is 3.88. The third kappa shape index (κ3) is 2.25. The first kappa shape index (κ1) is 14.6. The van der Waals surface area contributed by atoms with Gasteiger partial charge < -0.3 is 4.74 Å². The minimum atomic E-state index is -3.98. The van der Waals surface area contributed by atoms with E-state index in [1.165, 1.54) is 12.1 Å². The predicted octanol–water partition coefficient (Wildman–Crippen LogP) is 2.32. The maximum atomic E-state index is 12.7. The smallest absolute Gasteiger partial charge is 0.428 e. The number of nitrogens with zero attached hydrogens (tertiary/aromatic N) is 2. The van der Waals surface area contributed by atoms with Crippen molar-refractivity contribution in [2.75, 3.05) is 6.61 Å². The summed E-state index contributed by atoms with van der Waals surface area (Å²) >= 11 is 0. The molecule has 0 aromatic heterocycles. The van der Waals surface area contributed by atoms with Crippen LogP contribution in [0.5, 0.6) is 0 Å². The SMILES string of the molecule is Cc1ccc(S(=O)(=O)N2C(=O)OCC2=C2CC(C#N)C2)cc1. The van der Waals surface area contributed by atoms with Gasteiger partial charge in [0.2, 0.25) is 0 Å². The van der Waals surface area contributed by atoms with Crippen LogP contribution < -0.4 is 0 Å². The molecule has 0 radical (unpaired) electrons. The van der Waals surface area contributed by atoms with Crippen molar-refractivity contribution in [3.05, 3.63) is 41.1 Å². The van der Waals surface area contributed by atoms with Gasteiger partial charge in [-0.15, -0.1) is 0 Å². The number of cyclic esters (lactones) is 1. The molecule has 1 heterocycles. The van der Waals surface area contributed by atoms with Gasteiger partial charge in [0.05, 0.1) is 22.6 Å². The molecule has 2 aliphatic rings. The van der Waals surface area contributed by atoms with Crippen molar-refractivity contribution in [1.29, 1.82) is 5.26 Å². The normalized spacial score (nSPS) is 21.4. The van der Waals surface area contributed by atoms with E-state index >= 15 is 0 Å². The first-order valence-corrected chi connectivity index (χ1v) is 8.27. The Morgan fingerprint density at radius 3 is 2.50 bits per heavy atom.